The number of ether oxygens (including phenoxy) is 2. The maximum atomic E-state index is 10.8. The first-order valence-corrected chi connectivity index (χ1v) is 6.40. The Morgan fingerprint density at radius 1 is 1.50 bits per heavy atom. The van der Waals surface area contributed by atoms with Crippen molar-refractivity contribution in [2.75, 3.05) is 32.2 Å². The van der Waals surface area contributed by atoms with Crippen molar-refractivity contribution in [2.24, 2.45) is 0 Å². The van der Waals surface area contributed by atoms with E-state index in [0.29, 0.717) is 25.3 Å². The van der Waals surface area contributed by atoms with Crippen LogP contribution in [0.25, 0.3) is 0 Å². The molecule has 0 heterocycles. The van der Waals surface area contributed by atoms with Crippen LogP contribution < -0.4 is 10.1 Å². The van der Waals surface area contributed by atoms with Crippen molar-refractivity contribution in [2.45, 2.75) is 19.4 Å². The van der Waals surface area contributed by atoms with Crippen LogP contribution >= 0.6 is 0 Å². The van der Waals surface area contributed by atoms with E-state index in [1.54, 1.807) is 19.1 Å². The number of nitro benzene ring substituents is 1. The van der Waals surface area contributed by atoms with Gasteiger partial charge < -0.3 is 19.9 Å². The topological polar surface area (TPSA) is 93.9 Å². The molecule has 0 bridgehead atoms. The molecule has 112 valence electrons. The molecule has 0 fully saturated rings. The lowest BCUT2D eigenvalue weighted by atomic mass is 10.2. The van der Waals surface area contributed by atoms with Crippen molar-refractivity contribution < 1.29 is 19.5 Å². The average Bonchev–Trinajstić information content (AvgIpc) is 2.39. The second-order valence-corrected chi connectivity index (χ2v) is 4.20. The smallest absolute Gasteiger partial charge is 0.311 e. The van der Waals surface area contributed by atoms with E-state index >= 15 is 0 Å². The van der Waals surface area contributed by atoms with Crippen molar-refractivity contribution in [1.29, 1.82) is 0 Å². The van der Waals surface area contributed by atoms with Gasteiger partial charge in [0.15, 0.2) is 5.75 Å². The first-order valence-electron chi connectivity index (χ1n) is 6.40. The van der Waals surface area contributed by atoms with E-state index in [0.717, 1.165) is 0 Å². The third kappa shape index (κ3) is 5.02. The van der Waals surface area contributed by atoms with Crippen LogP contribution in [0.1, 0.15) is 13.3 Å². The van der Waals surface area contributed by atoms with Crippen molar-refractivity contribution in [3.63, 3.8) is 0 Å². The monoisotopic (exact) mass is 284 g/mol. The van der Waals surface area contributed by atoms with Gasteiger partial charge in [0.1, 0.15) is 0 Å². The molecule has 0 aliphatic heterocycles. The molecule has 0 saturated heterocycles. The first-order chi connectivity index (χ1) is 9.58. The molecule has 0 aliphatic rings. The Morgan fingerprint density at radius 3 is 2.85 bits per heavy atom. The number of anilines is 1. The summed E-state index contributed by atoms with van der Waals surface area (Å²) in [4.78, 5) is 10.4. The van der Waals surface area contributed by atoms with E-state index in [2.05, 4.69) is 5.32 Å². The van der Waals surface area contributed by atoms with Crippen LogP contribution in [-0.4, -0.2) is 43.0 Å². The Balaban J connectivity index is 2.62. The Kier molecular flexibility index (Phi) is 6.75. The number of hydrogen-bond acceptors (Lipinski definition) is 6. The molecule has 1 aromatic rings. The Bertz CT molecular complexity index is 439. The summed E-state index contributed by atoms with van der Waals surface area (Å²) >= 11 is 0. The number of aliphatic hydroxyl groups is 1. The fourth-order valence-corrected chi connectivity index (χ4v) is 1.70. The molecule has 0 aliphatic carbocycles. The maximum absolute atomic E-state index is 10.8. The van der Waals surface area contributed by atoms with E-state index in [4.69, 9.17) is 9.47 Å². The fraction of sp³-hybridized carbons (Fsp3) is 0.538. The van der Waals surface area contributed by atoms with Crippen LogP contribution in [0.2, 0.25) is 0 Å². The molecule has 7 nitrogen and oxygen atoms in total. The normalized spacial score (nSPS) is 11.9. The summed E-state index contributed by atoms with van der Waals surface area (Å²) in [7, 11) is 1.53. The van der Waals surface area contributed by atoms with Gasteiger partial charge in [-0.05, 0) is 19.4 Å². The molecule has 1 rings (SSSR count). The minimum atomic E-state index is -0.531. The summed E-state index contributed by atoms with van der Waals surface area (Å²) in [5, 5.41) is 23.4. The van der Waals surface area contributed by atoms with E-state index in [-0.39, 0.29) is 18.0 Å². The highest BCUT2D eigenvalue weighted by atomic mass is 16.6. The third-order valence-corrected chi connectivity index (χ3v) is 2.62. The highest BCUT2D eigenvalue weighted by molar-refractivity contribution is 5.57. The van der Waals surface area contributed by atoms with Crippen LogP contribution in [0, 0.1) is 10.1 Å². The standard InChI is InChI=1S/C13H20N2O5/c1-3-20-13-8-10(4-5-12(13)15(17)18)14-7-6-11(16)9-19-2/h4-5,8,11,14,16H,3,6-7,9H2,1-2H3. The quantitative estimate of drug-likeness (QED) is 0.530. The van der Waals surface area contributed by atoms with Gasteiger partial charge in [-0.3, -0.25) is 10.1 Å². The fourth-order valence-electron chi connectivity index (χ4n) is 1.70. The largest absolute Gasteiger partial charge is 0.487 e. The van der Waals surface area contributed by atoms with Crippen LogP contribution in [0.5, 0.6) is 5.75 Å². The second-order valence-electron chi connectivity index (χ2n) is 4.20. The average molecular weight is 284 g/mol. The Hall–Kier alpha value is -1.86. The lowest BCUT2D eigenvalue weighted by Gasteiger charge is -2.12. The molecule has 0 radical (unpaired) electrons. The number of aliphatic hydroxyl groups excluding tert-OH is 1. The Labute approximate surface area is 117 Å². The maximum Gasteiger partial charge on any atom is 0.311 e. The van der Waals surface area contributed by atoms with Crippen LogP contribution in [0.4, 0.5) is 11.4 Å². The van der Waals surface area contributed by atoms with Crippen molar-refractivity contribution in [1.82, 2.24) is 0 Å². The van der Waals surface area contributed by atoms with Crippen LogP contribution in [0.3, 0.4) is 0 Å². The molecule has 0 saturated carbocycles. The second kappa shape index (κ2) is 8.34. The number of nitrogens with zero attached hydrogens (tertiary/aromatic N) is 1. The molecule has 0 amide bonds. The summed E-state index contributed by atoms with van der Waals surface area (Å²) in [6.07, 6.45) is -0.00802. The zero-order valence-corrected chi connectivity index (χ0v) is 11.7. The van der Waals surface area contributed by atoms with E-state index < -0.39 is 11.0 Å². The number of methoxy groups -OCH3 is 1. The minimum Gasteiger partial charge on any atom is -0.487 e. The predicted octanol–water partition coefficient (Wildman–Crippen LogP) is 1.80. The van der Waals surface area contributed by atoms with Crippen molar-refractivity contribution in [3.8, 4) is 5.75 Å². The molecule has 7 heteroatoms. The van der Waals surface area contributed by atoms with Crippen molar-refractivity contribution >= 4 is 11.4 Å². The molecule has 0 aromatic heterocycles. The van der Waals surface area contributed by atoms with Gasteiger partial charge in [0.2, 0.25) is 0 Å². The molecule has 2 N–H and O–H groups in total. The Morgan fingerprint density at radius 2 is 2.25 bits per heavy atom. The van der Waals surface area contributed by atoms with Gasteiger partial charge in [0, 0.05) is 31.5 Å². The van der Waals surface area contributed by atoms with Gasteiger partial charge in [-0.1, -0.05) is 0 Å². The third-order valence-electron chi connectivity index (χ3n) is 2.62. The van der Waals surface area contributed by atoms with Crippen molar-refractivity contribution in [3.05, 3.63) is 28.3 Å². The molecule has 1 atom stereocenters. The van der Waals surface area contributed by atoms with Gasteiger partial charge in [-0.15, -0.1) is 0 Å². The van der Waals surface area contributed by atoms with Gasteiger partial charge in [0.05, 0.1) is 24.2 Å². The molecular formula is C13H20N2O5. The lowest BCUT2D eigenvalue weighted by molar-refractivity contribution is -0.385. The van der Waals surface area contributed by atoms with Crippen LogP contribution in [0.15, 0.2) is 18.2 Å². The summed E-state index contributed by atoms with van der Waals surface area (Å²) < 4.78 is 10.1. The summed E-state index contributed by atoms with van der Waals surface area (Å²) in [6, 6.07) is 4.60. The SMILES string of the molecule is CCOc1cc(NCCC(O)COC)ccc1[N+](=O)[O-]. The molecule has 1 aromatic carbocycles. The zero-order chi connectivity index (χ0) is 15.0. The summed E-state index contributed by atoms with van der Waals surface area (Å²) in [5.41, 5.74) is 0.653. The lowest BCUT2D eigenvalue weighted by Crippen LogP contribution is -2.18. The minimum absolute atomic E-state index is 0.0585. The van der Waals surface area contributed by atoms with Gasteiger partial charge in [-0.25, -0.2) is 0 Å². The first kappa shape index (κ1) is 16.2. The number of nitro groups is 1. The molecular weight excluding hydrogens is 264 g/mol. The predicted molar refractivity (Wildman–Crippen MR) is 75.3 cm³/mol. The number of benzene rings is 1. The number of hydrogen-bond donors (Lipinski definition) is 2. The van der Waals surface area contributed by atoms with Gasteiger partial charge >= 0.3 is 5.69 Å². The number of nitrogens with one attached hydrogen (secondary N) is 1. The summed E-state index contributed by atoms with van der Waals surface area (Å²) in [5.74, 6) is 0.236. The van der Waals surface area contributed by atoms with Crippen LogP contribution in [-0.2, 0) is 4.74 Å². The molecule has 1 unspecified atom stereocenters. The molecule has 0 spiro atoms. The van der Waals surface area contributed by atoms with E-state index in [1.165, 1.54) is 13.2 Å². The van der Waals surface area contributed by atoms with E-state index in [9.17, 15) is 15.2 Å². The van der Waals surface area contributed by atoms with E-state index in [1.807, 2.05) is 0 Å². The highest BCUT2D eigenvalue weighted by Crippen LogP contribution is 2.30. The highest BCUT2D eigenvalue weighted by Gasteiger charge is 2.15. The van der Waals surface area contributed by atoms with Gasteiger partial charge in [0.25, 0.3) is 0 Å². The molecule has 20 heavy (non-hydrogen) atoms. The zero-order valence-electron chi connectivity index (χ0n) is 11.7. The summed E-state index contributed by atoms with van der Waals surface area (Å²) in [6.45, 7) is 2.95. The van der Waals surface area contributed by atoms with Gasteiger partial charge in [-0.2, -0.15) is 0 Å². The number of rotatable bonds is 9.